The lowest BCUT2D eigenvalue weighted by Gasteiger charge is -2.26. The predicted octanol–water partition coefficient (Wildman–Crippen LogP) is 2.58. The Morgan fingerprint density at radius 2 is 1.88 bits per heavy atom. The van der Waals surface area contributed by atoms with E-state index in [0.717, 1.165) is 44.2 Å². The van der Waals surface area contributed by atoms with Crippen LogP contribution in [-0.2, 0) is 17.6 Å². The Balaban J connectivity index is 1.64. The van der Waals surface area contributed by atoms with E-state index in [9.17, 15) is 9.59 Å². The molecule has 1 atom stereocenters. The molecule has 25 heavy (non-hydrogen) atoms. The maximum atomic E-state index is 12.9. The number of nitrogens with zero attached hydrogens (tertiary/aromatic N) is 2. The first-order valence-corrected chi connectivity index (χ1v) is 9.37. The SMILES string of the molecule is CN(CC(=O)O)C1CCCN(C(=O)c2ccc3c(c2)CCCC3)CC1. The first-order chi connectivity index (χ1) is 12.0. The van der Waals surface area contributed by atoms with Gasteiger partial charge < -0.3 is 10.0 Å². The van der Waals surface area contributed by atoms with Crippen LogP contribution in [0.2, 0.25) is 0 Å². The number of carboxylic acid groups (broad SMARTS) is 1. The number of likely N-dealkylation sites (N-methyl/N-ethyl adjacent to an activating group) is 1. The molecule has 1 amide bonds. The number of carbonyl (C=O) groups excluding carboxylic acids is 1. The van der Waals surface area contributed by atoms with Gasteiger partial charge in [0.1, 0.15) is 0 Å². The smallest absolute Gasteiger partial charge is 0.317 e. The second-order valence-corrected chi connectivity index (χ2v) is 7.38. The maximum Gasteiger partial charge on any atom is 0.317 e. The maximum absolute atomic E-state index is 12.9. The molecule has 0 aromatic heterocycles. The zero-order chi connectivity index (χ0) is 17.8. The van der Waals surface area contributed by atoms with Gasteiger partial charge in [0.15, 0.2) is 0 Å². The van der Waals surface area contributed by atoms with Crippen molar-refractivity contribution in [2.45, 2.75) is 51.0 Å². The Morgan fingerprint density at radius 1 is 1.12 bits per heavy atom. The number of carbonyl (C=O) groups is 2. The summed E-state index contributed by atoms with van der Waals surface area (Å²) in [6, 6.07) is 6.43. The lowest BCUT2D eigenvalue weighted by atomic mass is 9.90. The molecule has 3 rings (SSSR count). The number of amides is 1. The van der Waals surface area contributed by atoms with Gasteiger partial charge in [-0.1, -0.05) is 6.07 Å². The lowest BCUT2D eigenvalue weighted by Crippen LogP contribution is -2.37. The summed E-state index contributed by atoms with van der Waals surface area (Å²) >= 11 is 0. The summed E-state index contributed by atoms with van der Waals surface area (Å²) in [6.45, 7) is 1.52. The van der Waals surface area contributed by atoms with Crippen LogP contribution in [0.3, 0.4) is 0 Å². The molecule has 1 saturated heterocycles. The average Bonchev–Trinajstić information content (AvgIpc) is 2.86. The molecule has 0 radical (unpaired) electrons. The Labute approximate surface area is 149 Å². The number of likely N-dealkylation sites (tertiary alicyclic amines) is 1. The molecule has 1 heterocycles. The fraction of sp³-hybridized carbons (Fsp3) is 0.600. The van der Waals surface area contributed by atoms with E-state index in [2.05, 4.69) is 12.1 Å². The Bertz CT molecular complexity index is 644. The van der Waals surface area contributed by atoms with Crippen molar-refractivity contribution in [1.82, 2.24) is 9.80 Å². The Morgan fingerprint density at radius 3 is 2.64 bits per heavy atom. The molecule has 1 aliphatic heterocycles. The van der Waals surface area contributed by atoms with E-state index in [0.29, 0.717) is 6.54 Å². The van der Waals surface area contributed by atoms with Gasteiger partial charge in [-0.05, 0) is 75.3 Å². The standard InChI is InChI=1S/C20H28N2O3/c1-21(14-19(23)24)18-7-4-11-22(12-10-18)20(25)17-9-8-15-5-2-3-6-16(15)13-17/h8-9,13,18H,2-7,10-12,14H2,1H3,(H,23,24). The highest BCUT2D eigenvalue weighted by molar-refractivity contribution is 5.94. The molecule has 0 saturated carbocycles. The molecular formula is C20H28N2O3. The van der Waals surface area contributed by atoms with Crippen LogP contribution in [0.1, 0.15) is 53.6 Å². The topological polar surface area (TPSA) is 60.9 Å². The second-order valence-electron chi connectivity index (χ2n) is 7.38. The van der Waals surface area contributed by atoms with Crippen molar-refractivity contribution in [1.29, 1.82) is 0 Å². The molecule has 5 nitrogen and oxygen atoms in total. The highest BCUT2D eigenvalue weighted by Gasteiger charge is 2.25. The zero-order valence-electron chi connectivity index (χ0n) is 15.0. The van der Waals surface area contributed by atoms with E-state index in [-0.39, 0.29) is 18.5 Å². The molecule has 1 unspecified atom stereocenters. The van der Waals surface area contributed by atoms with Crippen LogP contribution in [0, 0.1) is 0 Å². The van der Waals surface area contributed by atoms with Crippen LogP contribution in [0.4, 0.5) is 0 Å². The summed E-state index contributed by atoms with van der Waals surface area (Å²) < 4.78 is 0. The largest absolute Gasteiger partial charge is 0.480 e. The van der Waals surface area contributed by atoms with Crippen LogP contribution >= 0.6 is 0 Å². The van der Waals surface area contributed by atoms with Gasteiger partial charge in [0, 0.05) is 24.7 Å². The van der Waals surface area contributed by atoms with Gasteiger partial charge in [-0.25, -0.2) is 0 Å². The van der Waals surface area contributed by atoms with Crippen molar-refractivity contribution >= 4 is 11.9 Å². The summed E-state index contributed by atoms with van der Waals surface area (Å²) in [5.41, 5.74) is 3.54. The van der Waals surface area contributed by atoms with E-state index >= 15 is 0 Å². The predicted molar refractivity (Wildman–Crippen MR) is 96.9 cm³/mol. The quantitative estimate of drug-likeness (QED) is 0.912. The zero-order valence-corrected chi connectivity index (χ0v) is 15.0. The Kier molecular flexibility index (Phi) is 5.74. The highest BCUT2D eigenvalue weighted by atomic mass is 16.4. The van der Waals surface area contributed by atoms with Crippen molar-refractivity contribution in [3.8, 4) is 0 Å². The van der Waals surface area contributed by atoms with Crippen molar-refractivity contribution in [3.05, 3.63) is 34.9 Å². The molecule has 0 bridgehead atoms. The second kappa shape index (κ2) is 8.00. The monoisotopic (exact) mass is 344 g/mol. The molecule has 1 fully saturated rings. The molecule has 136 valence electrons. The summed E-state index contributed by atoms with van der Waals surface area (Å²) in [4.78, 5) is 27.7. The minimum atomic E-state index is -0.797. The summed E-state index contributed by atoms with van der Waals surface area (Å²) in [5.74, 6) is -0.677. The fourth-order valence-electron chi connectivity index (χ4n) is 4.11. The van der Waals surface area contributed by atoms with Crippen LogP contribution < -0.4 is 0 Å². The van der Waals surface area contributed by atoms with Gasteiger partial charge in [-0.15, -0.1) is 0 Å². The van der Waals surface area contributed by atoms with Gasteiger partial charge in [-0.2, -0.15) is 0 Å². The third-order valence-corrected chi connectivity index (χ3v) is 5.59. The minimum Gasteiger partial charge on any atom is -0.480 e. The van der Waals surface area contributed by atoms with Crippen molar-refractivity contribution in [3.63, 3.8) is 0 Å². The number of hydrogen-bond acceptors (Lipinski definition) is 3. The molecule has 0 spiro atoms. The summed E-state index contributed by atoms with van der Waals surface area (Å²) in [7, 11) is 1.86. The van der Waals surface area contributed by atoms with E-state index in [1.807, 2.05) is 22.9 Å². The van der Waals surface area contributed by atoms with E-state index in [4.69, 9.17) is 5.11 Å². The van der Waals surface area contributed by atoms with Gasteiger partial charge in [0.2, 0.25) is 0 Å². The highest BCUT2D eigenvalue weighted by Crippen LogP contribution is 2.24. The van der Waals surface area contributed by atoms with E-state index in [1.165, 1.54) is 24.0 Å². The van der Waals surface area contributed by atoms with Gasteiger partial charge >= 0.3 is 5.97 Å². The molecule has 2 aliphatic rings. The summed E-state index contributed by atoms with van der Waals surface area (Å²) in [6.07, 6.45) is 7.37. The molecular weight excluding hydrogens is 316 g/mol. The molecule has 1 N–H and O–H groups in total. The van der Waals surface area contributed by atoms with Gasteiger partial charge in [0.05, 0.1) is 6.54 Å². The number of fused-ring (bicyclic) bond motifs is 1. The van der Waals surface area contributed by atoms with Gasteiger partial charge in [0.25, 0.3) is 5.91 Å². The molecule has 1 aromatic carbocycles. The first-order valence-electron chi connectivity index (χ1n) is 9.37. The van der Waals surface area contributed by atoms with Crippen molar-refractivity contribution < 1.29 is 14.7 Å². The Hall–Kier alpha value is -1.88. The molecule has 1 aliphatic carbocycles. The summed E-state index contributed by atoms with van der Waals surface area (Å²) in [5, 5.41) is 8.96. The fourth-order valence-corrected chi connectivity index (χ4v) is 4.11. The van der Waals surface area contributed by atoms with Crippen LogP contribution in [0.5, 0.6) is 0 Å². The third-order valence-electron chi connectivity index (χ3n) is 5.59. The van der Waals surface area contributed by atoms with Crippen LogP contribution in [0.25, 0.3) is 0 Å². The molecule has 1 aromatic rings. The van der Waals surface area contributed by atoms with Crippen molar-refractivity contribution in [2.24, 2.45) is 0 Å². The number of benzene rings is 1. The van der Waals surface area contributed by atoms with Crippen LogP contribution in [0.15, 0.2) is 18.2 Å². The third kappa shape index (κ3) is 4.40. The van der Waals surface area contributed by atoms with E-state index in [1.54, 1.807) is 0 Å². The van der Waals surface area contributed by atoms with E-state index < -0.39 is 5.97 Å². The average molecular weight is 344 g/mol. The van der Waals surface area contributed by atoms with Crippen LogP contribution in [-0.4, -0.2) is 59.5 Å². The minimum absolute atomic E-state index is 0.0590. The number of hydrogen-bond donors (Lipinski definition) is 1. The first kappa shape index (κ1) is 17.9. The molecule has 5 heteroatoms. The number of rotatable bonds is 4. The number of carboxylic acids is 1. The lowest BCUT2D eigenvalue weighted by molar-refractivity contribution is -0.138. The number of aliphatic carboxylic acids is 1. The normalized spacial score (nSPS) is 20.9. The van der Waals surface area contributed by atoms with Gasteiger partial charge in [-0.3, -0.25) is 14.5 Å². The number of aryl methyl sites for hydroxylation is 2. The van der Waals surface area contributed by atoms with Crippen molar-refractivity contribution in [2.75, 3.05) is 26.7 Å².